The molecule has 1 aliphatic rings. The van der Waals surface area contributed by atoms with E-state index in [0.717, 1.165) is 34.0 Å². The first-order valence-electron chi connectivity index (χ1n) is 24.4. The van der Waals surface area contributed by atoms with Crippen LogP contribution in [0.25, 0.3) is 38.8 Å². The summed E-state index contributed by atoms with van der Waals surface area (Å²) in [4.78, 5) is 10.1. The SMILES string of the molecule is CC(C)(C)C1=C(C(C)(C)C)N(c2cc(-c3ccccc3)cc(C(C)(C)c3ccccc3)c2)CN1c1cc(Oc2ccc3c4ccccc4n(-c4cc(C(C)(C)C)ccn4)c3c2)cc(C(C)(C)C)c1. The molecule has 0 saturated carbocycles. The van der Waals surface area contributed by atoms with Gasteiger partial charge in [-0.3, -0.25) is 4.57 Å². The molecule has 8 aromatic rings. The highest BCUT2D eigenvalue weighted by Gasteiger charge is 2.42. The smallest absolute Gasteiger partial charge is 0.137 e. The van der Waals surface area contributed by atoms with E-state index in [-0.39, 0.29) is 27.1 Å². The lowest BCUT2D eigenvalue weighted by Crippen LogP contribution is -2.32. The van der Waals surface area contributed by atoms with Crippen molar-refractivity contribution >= 4 is 33.2 Å². The summed E-state index contributed by atoms with van der Waals surface area (Å²) in [5.74, 6) is 2.49. The molecule has 5 heteroatoms. The monoisotopic (exact) mass is 899 g/mol. The van der Waals surface area contributed by atoms with Gasteiger partial charge in [0.15, 0.2) is 0 Å². The maximum Gasteiger partial charge on any atom is 0.137 e. The summed E-state index contributed by atoms with van der Waals surface area (Å²) in [6.07, 6.45) is 1.94. The zero-order valence-corrected chi connectivity index (χ0v) is 42.9. The molecule has 0 N–H and O–H groups in total. The standard InChI is InChI=1S/C63H70N4O/c1-59(2,3)45-31-32-64-56(38-45)67-54-28-22-21-27-52(54)53-30-29-50(40-55(53)67)68-51-37-46(60(4,5)6)35-49(39-51)66-41-65(57(61(7,8)9)58(66)62(10,11)12)48-34-43(42-23-17-15-18-24-42)33-47(36-48)63(13,14)44-25-19-16-20-26-44/h15-40H,41H2,1-14H3. The average molecular weight is 899 g/mol. The van der Waals surface area contributed by atoms with Crippen LogP contribution < -0.4 is 14.5 Å². The second-order valence-electron chi connectivity index (χ2n) is 23.6. The predicted molar refractivity (Wildman–Crippen MR) is 289 cm³/mol. The normalized spacial score (nSPS) is 14.1. The molecule has 5 nitrogen and oxygen atoms in total. The van der Waals surface area contributed by atoms with Crippen molar-refractivity contribution < 1.29 is 4.74 Å². The summed E-state index contributed by atoms with van der Waals surface area (Å²) in [6.45, 7) is 33.2. The number of para-hydroxylation sites is 1. The van der Waals surface area contributed by atoms with Gasteiger partial charge in [0, 0.05) is 68.1 Å². The summed E-state index contributed by atoms with van der Waals surface area (Å²) in [5.41, 5.74) is 13.8. The fourth-order valence-electron chi connectivity index (χ4n) is 10.1. The third-order valence-corrected chi connectivity index (χ3v) is 13.8. The van der Waals surface area contributed by atoms with Crippen LogP contribution in [0.5, 0.6) is 11.5 Å². The Kier molecular flexibility index (Phi) is 11.5. The van der Waals surface area contributed by atoms with Gasteiger partial charge in [0.2, 0.25) is 0 Å². The Bertz CT molecular complexity index is 3180. The van der Waals surface area contributed by atoms with Gasteiger partial charge in [-0.15, -0.1) is 0 Å². The highest BCUT2D eigenvalue weighted by atomic mass is 16.5. The Hall–Kier alpha value is -6.59. The van der Waals surface area contributed by atoms with E-state index < -0.39 is 0 Å². The number of aromatic nitrogens is 2. The molecule has 348 valence electrons. The van der Waals surface area contributed by atoms with Crippen LogP contribution in [0.3, 0.4) is 0 Å². The Morgan fingerprint density at radius 3 is 1.62 bits per heavy atom. The van der Waals surface area contributed by atoms with Crippen LogP contribution in [0, 0.1) is 10.8 Å². The molecular formula is C63H70N4O. The molecule has 0 saturated heterocycles. The molecule has 2 aromatic heterocycles. The highest BCUT2D eigenvalue weighted by molar-refractivity contribution is 6.09. The van der Waals surface area contributed by atoms with E-state index in [2.05, 4.69) is 263 Å². The summed E-state index contributed by atoms with van der Waals surface area (Å²) in [7, 11) is 0. The number of nitrogens with zero attached hydrogens (tertiary/aromatic N) is 4. The molecule has 0 unspecified atom stereocenters. The van der Waals surface area contributed by atoms with Crippen LogP contribution in [-0.2, 0) is 16.2 Å². The molecule has 68 heavy (non-hydrogen) atoms. The minimum Gasteiger partial charge on any atom is -0.457 e. The molecule has 0 amide bonds. The van der Waals surface area contributed by atoms with Crippen LogP contribution in [0.1, 0.15) is 119 Å². The zero-order valence-electron chi connectivity index (χ0n) is 42.9. The van der Waals surface area contributed by atoms with Gasteiger partial charge < -0.3 is 14.5 Å². The summed E-state index contributed by atoms with van der Waals surface area (Å²) in [6, 6.07) is 55.4. The molecule has 3 heterocycles. The van der Waals surface area contributed by atoms with Crippen molar-refractivity contribution in [1.29, 1.82) is 0 Å². The lowest BCUT2D eigenvalue weighted by Gasteiger charge is -2.35. The molecular weight excluding hydrogens is 829 g/mol. The summed E-state index contributed by atoms with van der Waals surface area (Å²) >= 11 is 0. The Labute approximate surface area is 406 Å². The fraction of sp³-hybridized carbons (Fsp3) is 0.317. The first-order chi connectivity index (χ1) is 32.0. The van der Waals surface area contributed by atoms with Gasteiger partial charge in [-0.1, -0.05) is 182 Å². The molecule has 6 aromatic carbocycles. The second-order valence-corrected chi connectivity index (χ2v) is 23.6. The van der Waals surface area contributed by atoms with E-state index in [1.165, 1.54) is 61.2 Å². The molecule has 0 spiro atoms. The van der Waals surface area contributed by atoms with Crippen LogP contribution >= 0.6 is 0 Å². The zero-order chi connectivity index (χ0) is 48.6. The van der Waals surface area contributed by atoms with Gasteiger partial charge in [0.25, 0.3) is 0 Å². The third kappa shape index (κ3) is 8.84. The topological polar surface area (TPSA) is 33.5 Å². The number of hydrogen-bond donors (Lipinski definition) is 0. The first-order valence-corrected chi connectivity index (χ1v) is 24.4. The maximum atomic E-state index is 7.08. The largest absolute Gasteiger partial charge is 0.457 e. The number of ether oxygens (including phenoxy) is 1. The number of rotatable bonds is 8. The van der Waals surface area contributed by atoms with Crippen molar-refractivity contribution in [3.05, 3.63) is 192 Å². The maximum absolute atomic E-state index is 7.08. The van der Waals surface area contributed by atoms with Crippen molar-refractivity contribution in [2.75, 3.05) is 16.5 Å². The molecule has 9 rings (SSSR count). The quantitative estimate of drug-likeness (QED) is 0.152. The summed E-state index contributed by atoms with van der Waals surface area (Å²) < 4.78 is 9.37. The second kappa shape index (κ2) is 16.9. The minimum atomic E-state index is -0.240. The van der Waals surface area contributed by atoms with E-state index in [9.17, 15) is 0 Å². The number of allylic oxidation sites excluding steroid dienone is 2. The molecule has 0 atom stereocenters. The van der Waals surface area contributed by atoms with Crippen LogP contribution in [0.15, 0.2) is 169 Å². The third-order valence-electron chi connectivity index (χ3n) is 13.8. The van der Waals surface area contributed by atoms with Crippen molar-refractivity contribution in [3.8, 4) is 28.4 Å². The van der Waals surface area contributed by atoms with E-state index in [1.54, 1.807) is 0 Å². The highest BCUT2D eigenvalue weighted by Crippen LogP contribution is 2.50. The number of fused-ring (bicyclic) bond motifs is 3. The van der Waals surface area contributed by atoms with E-state index in [4.69, 9.17) is 9.72 Å². The van der Waals surface area contributed by atoms with Gasteiger partial charge >= 0.3 is 0 Å². The van der Waals surface area contributed by atoms with Gasteiger partial charge in [0.05, 0.1) is 17.7 Å². The predicted octanol–water partition coefficient (Wildman–Crippen LogP) is 17.1. The molecule has 0 aliphatic carbocycles. The number of pyridine rings is 1. The molecule has 1 aliphatic heterocycles. The average Bonchev–Trinajstić information content (AvgIpc) is 3.87. The number of hydrogen-bond acceptors (Lipinski definition) is 4. The molecule has 0 bridgehead atoms. The van der Waals surface area contributed by atoms with Crippen molar-refractivity contribution in [2.45, 2.75) is 113 Å². The number of anilines is 2. The van der Waals surface area contributed by atoms with Gasteiger partial charge in [-0.2, -0.15) is 0 Å². The van der Waals surface area contributed by atoms with Crippen molar-refractivity contribution in [3.63, 3.8) is 0 Å². The van der Waals surface area contributed by atoms with Crippen LogP contribution in [0.2, 0.25) is 0 Å². The fourth-order valence-corrected chi connectivity index (χ4v) is 10.1. The van der Waals surface area contributed by atoms with Gasteiger partial charge in [0.1, 0.15) is 17.3 Å². The minimum absolute atomic E-state index is 0.0169. The first kappa shape index (κ1) is 46.5. The Balaban J connectivity index is 1.19. The molecule has 0 fully saturated rings. The van der Waals surface area contributed by atoms with Crippen molar-refractivity contribution in [2.24, 2.45) is 10.8 Å². The van der Waals surface area contributed by atoms with Crippen molar-refractivity contribution in [1.82, 2.24) is 9.55 Å². The van der Waals surface area contributed by atoms with Gasteiger partial charge in [-0.05, 0) is 98.8 Å². The van der Waals surface area contributed by atoms with E-state index in [0.29, 0.717) is 6.67 Å². The molecule has 0 radical (unpaired) electrons. The Morgan fingerprint density at radius 1 is 0.412 bits per heavy atom. The van der Waals surface area contributed by atoms with E-state index in [1.807, 2.05) is 6.20 Å². The lowest BCUT2D eigenvalue weighted by molar-refractivity contribution is 0.444. The Morgan fingerprint density at radius 2 is 0.985 bits per heavy atom. The van der Waals surface area contributed by atoms with E-state index >= 15 is 0 Å². The van der Waals surface area contributed by atoms with Crippen LogP contribution in [-0.4, -0.2) is 16.2 Å². The van der Waals surface area contributed by atoms with Gasteiger partial charge in [-0.25, -0.2) is 4.98 Å². The lowest BCUT2D eigenvalue weighted by atomic mass is 9.77. The number of benzene rings is 6. The van der Waals surface area contributed by atoms with Crippen LogP contribution in [0.4, 0.5) is 11.4 Å². The summed E-state index contributed by atoms with van der Waals surface area (Å²) in [5, 5.41) is 2.35.